The second kappa shape index (κ2) is 10.4. The number of guanidine groups is 1. The Bertz CT molecular complexity index is 671. The van der Waals surface area contributed by atoms with Gasteiger partial charge in [0, 0.05) is 52.7 Å². The molecule has 2 aliphatic heterocycles. The van der Waals surface area contributed by atoms with E-state index in [2.05, 4.69) is 21.3 Å². The second-order valence-corrected chi connectivity index (χ2v) is 7.23. The first-order chi connectivity index (χ1) is 13.7. The molecule has 0 aliphatic carbocycles. The number of anilines is 1. The number of rotatable bonds is 7. The highest BCUT2D eigenvalue weighted by atomic mass is 16.5. The summed E-state index contributed by atoms with van der Waals surface area (Å²) in [7, 11) is 3.48. The van der Waals surface area contributed by atoms with E-state index < -0.39 is 0 Å². The zero-order valence-corrected chi connectivity index (χ0v) is 17.0. The van der Waals surface area contributed by atoms with E-state index in [1.54, 1.807) is 14.2 Å². The van der Waals surface area contributed by atoms with Crippen molar-refractivity contribution in [1.82, 2.24) is 10.2 Å². The maximum absolute atomic E-state index is 12.7. The Balaban J connectivity index is 1.42. The fourth-order valence-electron chi connectivity index (χ4n) is 3.87. The van der Waals surface area contributed by atoms with Crippen molar-refractivity contribution in [2.45, 2.75) is 31.8 Å². The van der Waals surface area contributed by atoms with Crippen LogP contribution in [0.2, 0.25) is 0 Å². The van der Waals surface area contributed by atoms with Crippen molar-refractivity contribution in [3.63, 3.8) is 0 Å². The first-order valence-corrected chi connectivity index (χ1v) is 10.2. The molecule has 28 heavy (non-hydrogen) atoms. The molecular formula is C21H32N4O3. The van der Waals surface area contributed by atoms with Crippen molar-refractivity contribution in [2.24, 2.45) is 4.99 Å². The van der Waals surface area contributed by atoms with Crippen LogP contribution in [0.15, 0.2) is 29.3 Å². The summed E-state index contributed by atoms with van der Waals surface area (Å²) in [6.45, 7) is 4.27. The third-order valence-corrected chi connectivity index (χ3v) is 5.39. The van der Waals surface area contributed by atoms with E-state index in [1.165, 1.54) is 5.56 Å². The Morgan fingerprint density at radius 2 is 2.00 bits per heavy atom. The van der Waals surface area contributed by atoms with E-state index in [0.29, 0.717) is 6.10 Å². The number of carbonyl (C=O) groups is 1. The molecule has 2 aliphatic rings. The van der Waals surface area contributed by atoms with Gasteiger partial charge in [-0.3, -0.25) is 9.79 Å². The minimum Gasteiger partial charge on any atom is -0.385 e. The number of aliphatic imine (C=N–C) groups is 1. The lowest BCUT2D eigenvalue weighted by atomic mass is 10.1. The number of benzene rings is 1. The summed E-state index contributed by atoms with van der Waals surface area (Å²) in [5.41, 5.74) is 2.28. The van der Waals surface area contributed by atoms with Crippen molar-refractivity contribution in [1.29, 1.82) is 0 Å². The molecule has 3 rings (SSSR count). The van der Waals surface area contributed by atoms with Gasteiger partial charge < -0.3 is 24.6 Å². The van der Waals surface area contributed by atoms with Gasteiger partial charge >= 0.3 is 0 Å². The van der Waals surface area contributed by atoms with E-state index >= 15 is 0 Å². The van der Waals surface area contributed by atoms with E-state index in [4.69, 9.17) is 9.47 Å². The van der Waals surface area contributed by atoms with Crippen molar-refractivity contribution in [3.8, 4) is 0 Å². The molecule has 1 N–H and O–H groups in total. The number of ether oxygens (including phenoxy) is 2. The molecule has 2 heterocycles. The summed E-state index contributed by atoms with van der Waals surface area (Å²) < 4.78 is 11.0. The van der Waals surface area contributed by atoms with Gasteiger partial charge in [0.05, 0.1) is 12.6 Å². The van der Waals surface area contributed by atoms with Gasteiger partial charge in [0.15, 0.2) is 5.96 Å². The molecule has 7 heteroatoms. The molecule has 0 unspecified atom stereocenters. The monoisotopic (exact) mass is 388 g/mol. The molecule has 0 bridgehead atoms. The minimum atomic E-state index is 0.0856. The van der Waals surface area contributed by atoms with E-state index in [9.17, 15) is 4.79 Å². The molecule has 1 saturated heterocycles. The summed E-state index contributed by atoms with van der Waals surface area (Å²) >= 11 is 0. The number of fused-ring (bicyclic) bond motifs is 1. The van der Waals surface area contributed by atoms with Gasteiger partial charge in [-0.25, -0.2) is 0 Å². The summed E-state index contributed by atoms with van der Waals surface area (Å²) in [6.07, 6.45) is 4.10. The third-order valence-electron chi connectivity index (χ3n) is 5.39. The predicted octanol–water partition coefficient (Wildman–Crippen LogP) is 1.67. The summed E-state index contributed by atoms with van der Waals surface area (Å²) in [4.78, 5) is 21.1. The van der Waals surface area contributed by atoms with Gasteiger partial charge in [-0.05, 0) is 37.3 Å². The quantitative estimate of drug-likeness (QED) is 0.437. The summed E-state index contributed by atoms with van der Waals surface area (Å²) in [5, 5.41) is 3.25. The molecule has 0 aromatic heterocycles. The lowest BCUT2D eigenvalue weighted by Crippen LogP contribution is -2.49. The summed E-state index contributed by atoms with van der Waals surface area (Å²) in [6, 6.07) is 8.12. The zero-order valence-electron chi connectivity index (χ0n) is 17.0. The van der Waals surface area contributed by atoms with Crippen LogP contribution in [0.4, 0.5) is 5.69 Å². The Morgan fingerprint density at radius 1 is 1.21 bits per heavy atom. The van der Waals surface area contributed by atoms with Crippen molar-refractivity contribution < 1.29 is 14.3 Å². The second-order valence-electron chi connectivity index (χ2n) is 7.23. The molecule has 1 amide bonds. The average molecular weight is 389 g/mol. The van der Waals surface area contributed by atoms with E-state index in [-0.39, 0.29) is 12.5 Å². The third kappa shape index (κ3) is 5.23. The maximum atomic E-state index is 12.7. The van der Waals surface area contributed by atoms with Crippen LogP contribution in [0.3, 0.4) is 0 Å². The van der Waals surface area contributed by atoms with Gasteiger partial charge in [-0.15, -0.1) is 0 Å². The molecule has 1 aromatic carbocycles. The number of para-hydroxylation sites is 1. The molecule has 0 radical (unpaired) electrons. The maximum Gasteiger partial charge on any atom is 0.246 e. The lowest BCUT2D eigenvalue weighted by Gasteiger charge is -2.34. The van der Waals surface area contributed by atoms with Crippen LogP contribution in [-0.4, -0.2) is 76.4 Å². The van der Waals surface area contributed by atoms with Gasteiger partial charge in [0.2, 0.25) is 5.91 Å². The number of piperidine rings is 1. The number of amides is 1. The van der Waals surface area contributed by atoms with Crippen LogP contribution in [0, 0.1) is 0 Å². The molecule has 1 aromatic rings. The molecule has 154 valence electrons. The topological polar surface area (TPSA) is 66.4 Å². The first kappa shape index (κ1) is 20.6. The van der Waals surface area contributed by atoms with Gasteiger partial charge in [0.1, 0.15) is 0 Å². The molecule has 7 nitrogen and oxygen atoms in total. The van der Waals surface area contributed by atoms with Crippen LogP contribution < -0.4 is 10.2 Å². The number of hydrogen-bond donors (Lipinski definition) is 1. The SMILES string of the molecule is CN=C(NCC(=O)N1CCc2ccccc21)N1CCC(OCCCOC)CC1. The fourth-order valence-corrected chi connectivity index (χ4v) is 3.87. The Kier molecular flexibility index (Phi) is 7.68. The smallest absolute Gasteiger partial charge is 0.246 e. The highest BCUT2D eigenvalue weighted by Gasteiger charge is 2.25. The predicted molar refractivity (Wildman–Crippen MR) is 111 cm³/mol. The first-order valence-electron chi connectivity index (χ1n) is 10.2. The molecule has 0 spiro atoms. The molecule has 1 fully saturated rings. The van der Waals surface area contributed by atoms with Crippen molar-refractivity contribution in [2.75, 3.05) is 58.5 Å². The summed E-state index contributed by atoms with van der Waals surface area (Å²) in [5.74, 6) is 0.876. The average Bonchev–Trinajstić information content (AvgIpc) is 3.17. The number of nitrogens with one attached hydrogen (secondary N) is 1. The highest BCUT2D eigenvalue weighted by molar-refractivity contribution is 5.98. The normalized spacial score (nSPS) is 17.7. The standard InChI is InChI=1S/C21H32N4O3/c1-22-21(24-11-9-18(10-12-24)28-15-5-14-27-2)23-16-20(26)25-13-8-17-6-3-4-7-19(17)25/h3-4,6-7,18H,5,8-16H2,1-2H3,(H,22,23). The van der Waals surface area contributed by atoms with Gasteiger partial charge in [0.25, 0.3) is 0 Å². The lowest BCUT2D eigenvalue weighted by molar-refractivity contribution is -0.117. The number of likely N-dealkylation sites (tertiary alicyclic amines) is 1. The van der Waals surface area contributed by atoms with Crippen LogP contribution >= 0.6 is 0 Å². The molecular weight excluding hydrogens is 356 g/mol. The zero-order chi connectivity index (χ0) is 19.8. The van der Waals surface area contributed by atoms with Crippen molar-refractivity contribution in [3.05, 3.63) is 29.8 Å². The van der Waals surface area contributed by atoms with Gasteiger partial charge in [-0.1, -0.05) is 18.2 Å². The largest absolute Gasteiger partial charge is 0.385 e. The van der Waals surface area contributed by atoms with Crippen LogP contribution in [0.1, 0.15) is 24.8 Å². The van der Waals surface area contributed by atoms with Crippen LogP contribution in [-0.2, 0) is 20.7 Å². The van der Waals surface area contributed by atoms with Crippen molar-refractivity contribution >= 4 is 17.6 Å². The Hall–Kier alpha value is -2.12. The molecule has 0 saturated carbocycles. The van der Waals surface area contributed by atoms with E-state index in [0.717, 1.165) is 70.2 Å². The minimum absolute atomic E-state index is 0.0856. The fraction of sp³-hybridized carbons (Fsp3) is 0.619. The molecule has 0 atom stereocenters. The number of hydrogen-bond acceptors (Lipinski definition) is 4. The Labute approximate surface area is 167 Å². The van der Waals surface area contributed by atoms with Gasteiger partial charge in [-0.2, -0.15) is 0 Å². The number of carbonyl (C=O) groups excluding carboxylic acids is 1. The Morgan fingerprint density at radius 3 is 2.75 bits per heavy atom. The number of methoxy groups -OCH3 is 1. The van der Waals surface area contributed by atoms with Crippen LogP contribution in [0.25, 0.3) is 0 Å². The number of nitrogens with zero attached hydrogens (tertiary/aromatic N) is 3. The highest BCUT2D eigenvalue weighted by Crippen LogP contribution is 2.27. The van der Waals surface area contributed by atoms with Crippen LogP contribution in [0.5, 0.6) is 0 Å². The van der Waals surface area contributed by atoms with E-state index in [1.807, 2.05) is 23.1 Å².